The first kappa shape index (κ1) is 19.9. The molecule has 0 aliphatic carbocycles. The van der Waals surface area contributed by atoms with Gasteiger partial charge >= 0.3 is 0 Å². The van der Waals surface area contributed by atoms with Gasteiger partial charge in [-0.1, -0.05) is 18.2 Å². The fourth-order valence-corrected chi connectivity index (χ4v) is 3.86. The minimum absolute atomic E-state index is 0.0813. The largest absolute Gasteiger partial charge is 0.383 e. The lowest BCUT2D eigenvalue weighted by Crippen LogP contribution is -2.27. The van der Waals surface area contributed by atoms with Crippen molar-refractivity contribution >= 4 is 21.6 Å². The minimum Gasteiger partial charge on any atom is -0.383 e. The summed E-state index contributed by atoms with van der Waals surface area (Å²) in [7, 11) is -2.28. The number of hydrogen-bond acceptors (Lipinski definition) is 4. The molecular formula is C19H24N2O4S. The number of anilines is 1. The number of benzene rings is 2. The quantitative estimate of drug-likeness (QED) is 0.728. The van der Waals surface area contributed by atoms with E-state index in [-0.39, 0.29) is 16.4 Å². The van der Waals surface area contributed by atoms with Crippen molar-refractivity contribution in [1.82, 2.24) is 5.32 Å². The molecule has 0 aliphatic heterocycles. The van der Waals surface area contributed by atoms with Gasteiger partial charge in [0, 0.05) is 19.2 Å². The highest BCUT2D eigenvalue weighted by molar-refractivity contribution is 7.92. The Balaban J connectivity index is 2.32. The first-order valence-electron chi connectivity index (χ1n) is 8.23. The van der Waals surface area contributed by atoms with Gasteiger partial charge in [0.25, 0.3) is 15.9 Å². The van der Waals surface area contributed by atoms with E-state index < -0.39 is 10.0 Å². The summed E-state index contributed by atoms with van der Waals surface area (Å²) in [5.41, 5.74) is 3.24. The van der Waals surface area contributed by atoms with Crippen LogP contribution in [-0.4, -0.2) is 34.6 Å². The highest BCUT2D eigenvalue weighted by Crippen LogP contribution is 2.24. The van der Waals surface area contributed by atoms with Crippen LogP contribution in [-0.2, 0) is 14.8 Å². The second-order valence-electron chi connectivity index (χ2n) is 6.08. The van der Waals surface area contributed by atoms with E-state index in [4.69, 9.17) is 4.74 Å². The van der Waals surface area contributed by atoms with Crippen LogP contribution in [0, 0.1) is 20.8 Å². The van der Waals surface area contributed by atoms with Gasteiger partial charge < -0.3 is 10.1 Å². The third-order valence-corrected chi connectivity index (χ3v) is 5.69. The van der Waals surface area contributed by atoms with Crippen LogP contribution in [0.4, 0.5) is 5.69 Å². The van der Waals surface area contributed by atoms with Crippen molar-refractivity contribution in [1.29, 1.82) is 0 Å². The number of rotatable bonds is 7. The standard InChI is InChI=1S/C19H24N2O4S/c1-13-6-5-7-17(15(13)3)21-26(23,24)18-12-16(9-8-14(18)2)19(22)20-10-11-25-4/h5-9,12,21H,10-11H2,1-4H3,(H,20,22). The van der Waals surface area contributed by atoms with Crippen LogP contribution in [0.1, 0.15) is 27.0 Å². The summed E-state index contributed by atoms with van der Waals surface area (Å²) in [6.07, 6.45) is 0. The summed E-state index contributed by atoms with van der Waals surface area (Å²) in [5, 5.41) is 2.69. The molecular weight excluding hydrogens is 352 g/mol. The highest BCUT2D eigenvalue weighted by Gasteiger charge is 2.20. The van der Waals surface area contributed by atoms with E-state index in [0.29, 0.717) is 24.4 Å². The first-order chi connectivity index (χ1) is 12.3. The average molecular weight is 376 g/mol. The lowest BCUT2D eigenvalue weighted by Gasteiger charge is -2.14. The normalized spacial score (nSPS) is 11.2. The molecule has 2 aromatic carbocycles. The molecule has 1 amide bonds. The van der Waals surface area contributed by atoms with Gasteiger partial charge in [0.2, 0.25) is 0 Å². The summed E-state index contributed by atoms with van der Waals surface area (Å²) in [6, 6.07) is 10.1. The van der Waals surface area contributed by atoms with Gasteiger partial charge in [0.05, 0.1) is 17.2 Å². The highest BCUT2D eigenvalue weighted by atomic mass is 32.2. The van der Waals surface area contributed by atoms with Crippen molar-refractivity contribution in [2.24, 2.45) is 0 Å². The molecule has 0 aromatic heterocycles. The molecule has 0 bridgehead atoms. The number of carbonyl (C=O) groups is 1. The number of carbonyl (C=O) groups excluding carboxylic acids is 1. The molecule has 26 heavy (non-hydrogen) atoms. The van der Waals surface area contributed by atoms with E-state index in [9.17, 15) is 13.2 Å². The molecule has 0 radical (unpaired) electrons. The molecule has 0 unspecified atom stereocenters. The molecule has 2 N–H and O–H groups in total. The van der Waals surface area contributed by atoms with Crippen molar-refractivity contribution in [2.75, 3.05) is 25.0 Å². The number of hydrogen-bond donors (Lipinski definition) is 2. The monoisotopic (exact) mass is 376 g/mol. The number of nitrogens with one attached hydrogen (secondary N) is 2. The number of sulfonamides is 1. The Kier molecular flexibility index (Phi) is 6.39. The van der Waals surface area contributed by atoms with E-state index in [1.807, 2.05) is 19.9 Å². The third kappa shape index (κ3) is 4.62. The van der Waals surface area contributed by atoms with Gasteiger partial charge in [-0.2, -0.15) is 0 Å². The Morgan fingerprint density at radius 2 is 1.81 bits per heavy atom. The van der Waals surface area contributed by atoms with E-state index >= 15 is 0 Å². The number of aryl methyl sites for hydroxylation is 2. The van der Waals surface area contributed by atoms with Crippen LogP contribution in [0.2, 0.25) is 0 Å². The summed E-state index contributed by atoms with van der Waals surface area (Å²) >= 11 is 0. The molecule has 0 fully saturated rings. The van der Waals surface area contributed by atoms with Gasteiger partial charge in [-0.05, 0) is 55.7 Å². The van der Waals surface area contributed by atoms with Gasteiger partial charge in [-0.25, -0.2) is 8.42 Å². The molecule has 0 aliphatic rings. The second kappa shape index (κ2) is 8.33. The Labute approximate surface area is 154 Å². The Morgan fingerprint density at radius 1 is 1.08 bits per heavy atom. The lowest BCUT2D eigenvalue weighted by atomic mass is 10.1. The molecule has 0 spiro atoms. The maximum atomic E-state index is 12.9. The summed E-state index contributed by atoms with van der Waals surface area (Å²) in [5.74, 6) is -0.342. The maximum absolute atomic E-state index is 12.9. The van der Waals surface area contributed by atoms with Crippen molar-refractivity contribution in [3.8, 4) is 0 Å². The van der Waals surface area contributed by atoms with E-state index in [2.05, 4.69) is 10.0 Å². The van der Waals surface area contributed by atoms with Crippen LogP contribution in [0.3, 0.4) is 0 Å². The first-order valence-corrected chi connectivity index (χ1v) is 9.71. The Bertz CT molecular complexity index is 908. The second-order valence-corrected chi connectivity index (χ2v) is 7.73. The fraction of sp³-hybridized carbons (Fsp3) is 0.316. The summed E-state index contributed by atoms with van der Waals surface area (Å²) in [4.78, 5) is 12.3. The van der Waals surface area contributed by atoms with Crippen molar-refractivity contribution in [3.63, 3.8) is 0 Å². The number of methoxy groups -OCH3 is 1. The Morgan fingerprint density at radius 3 is 2.50 bits per heavy atom. The van der Waals surface area contributed by atoms with Gasteiger partial charge in [0.15, 0.2) is 0 Å². The molecule has 0 saturated carbocycles. The van der Waals surface area contributed by atoms with Crippen LogP contribution in [0.15, 0.2) is 41.3 Å². The van der Waals surface area contributed by atoms with Crippen molar-refractivity contribution < 1.29 is 17.9 Å². The van der Waals surface area contributed by atoms with Crippen molar-refractivity contribution in [2.45, 2.75) is 25.7 Å². The molecule has 0 heterocycles. The fourth-order valence-electron chi connectivity index (χ4n) is 2.46. The maximum Gasteiger partial charge on any atom is 0.262 e. The molecule has 2 aromatic rings. The van der Waals surface area contributed by atoms with Gasteiger partial charge in [-0.15, -0.1) is 0 Å². The van der Waals surface area contributed by atoms with Gasteiger partial charge in [0.1, 0.15) is 0 Å². The predicted octanol–water partition coefficient (Wildman–Crippen LogP) is 2.79. The zero-order valence-corrected chi connectivity index (χ0v) is 16.2. The SMILES string of the molecule is COCCNC(=O)c1ccc(C)c(S(=O)(=O)Nc2cccc(C)c2C)c1. The smallest absolute Gasteiger partial charge is 0.262 e. The van der Waals surface area contributed by atoms with E-state index in [0.717, 1.165) is 11.1 Å². The van der Waals surface area contributed by atoms with Crippen molar-refractivity contribution in [3.05, 3.63) is 58.7 Å². The molecule has 6 nitrogen and oxygen atoms in total. The molecule has 0 saturated heterocycles. The van der Waals surface area contributed by atoms with Crippen LogP contribution in [0.5, 0.6) is 0 Å². The third-order valence-electron chi connectivity index (χ3n) is 4.18. The Hall–Kier alpha value is -2.38. The zero-order valence-electron chi connectivity index (χ0n) is 15.4. The van der Waals surface area contributed by atoms with Crippen LogP contribution < -0.4 is 10.0 Å². The number of ether oxygens (including phenoxy) is 1. The van der Waals surface area contributed by atoms with E-state index in [1.54, 1.807) is 38.3 Å². The predicted molar refractivity (Wildman–Crippen MR) is 102 cm³/mol. The molecule has 2 rings (SSSR count). The summed E-state index contributed by atoms with van der Waals surface area (Å²) < 4.78 is 33.2. The lowest BCUT2D eigenvalue weighted by molar-refractivity contribution is 0.0937. The number of amides is 1. The van der Waals surface area contributed by atoms with E-state index in [1.165, 1.54) is 6.07 Å². The average Bonchev–Trinajstić information content (AvgIpc) is 2.59. The molecule has 7 heteroatoms. The summed E-state index contributed by atoms with van der Waals surface area (Å²) in [6.45, 7) is 6.22. The zero-order chi connectivity index (χ0) is 19.3. The van der Waals surface area contributed by atoms with Gasteiger partial charge in [-0.3, -0.25) is 9.52 Å². The molecule has 140 valence electrons. The minimum atomic E-state index is -3.82. The van der Waals surface area contributed by atoms with Crippen LogP contribution >= 0.6 is 0 Å². The topological polar surface area (TPSA) is 84.5 Å². The van der Waals surface area contributed by atoms with Crippen LogP contribution in [0.25, 0.3) is 0 Å². The molecule has 0 atom stereocenters.